The van der Waals surface area contributed by atoms with Crippen molar-refractivity contribution >= 4 is 5.91 Å². The molecule has 2 rings (SSSR count). The van der Waals surface area contributed by atoms with Crippen LogP contribution in [0.3, 0.4) is 0 Å². The Morgan fingerprint density at radius 3 is 2.59 bits per heavy atom. The number of alkyl halides is 3. The van der Waals surface area contributed by atoms with Gasteiger partial charge >= 0.3 is 6.18 Å². The van der Waals surface area contributed by atoms with Crippen LogP contribution in [0.1, 0.15) is 32.1 Å². The van der Waals surface area contributed by atoms with Gasteiger partial charge in [-0.3, -0.25) is 4.79 Å². The van der Waals surface area contributed by atoms with Crippen LogP contribution in [0.15, 0.2) is 0 Å². The first kappa shape index (κ1) is 12.7. The van der Waals surface area contributed by atoms with E-state index in [4.69, 9.17) is 0 Å². The van der Waals surface area contributed by atoms with E-state index in [1.54, 1.807) is 0 Å². The van der Waals surface area contributed by atoms with Crippen molar-refractivity contribution in [3.63, 3.8) is 0 Å². The summed E-state index contributed by atoms with van der Waals surface area (Å²) in [5, 5.41) is 3.20. The van der Waals surface area contributed by atoms with E-state index >= 15 is 0 Å². The molecule has 1 atom stereocenters. The van der Waals surface area contributed by atoms with Crippen molar-refractivity contribution in [1.82, 2.24) is 10.2 Å². The molecule has 1 aliphatic heterocycles. The van der Waals surface area contributed by atoms with Crippen LogP contribution in [0.2, 0.25) is 0 Å². The Kier molecular flexibility index (Phi) is 3.61. The molecule has 1 saturated carbocycles. The molecule has 1 heterocycles. The zero-order chi connectivity index (χ0) is 12.5. The second kappa shape index (κ2) is 4.84. The highest BCUT2D eigenvalue weighted by Crippen LogP contribution is 2.24. The van der Waals surface area contributed by atoms with Gasteiger partial charge in [0.15, 0.2) is 0 Å². The van der Waals surface area contributed by atoms with E-state index in [0.717, 1.165) is 25.7 Å². The summed E-state index contributed by atoms with van der Waals surface area (Å²) in [4.78, 5) is 13.2. The van der Waals surface area contributed by atoms with Crippen molar-refractivity contribution in [2.75, 3.05) is 13.1 Å². The number of rotatable bonds is 4. The van der Waals surface area contributed by atoms with Crippen molar-refractivity contribution in [1.29, 1.82) is 0 Å². The number of halogens is 3. The van der Waals surface area contributed by atoms with E-state index in [0.29, 0.717) is 12.6 Å². The summed E-state index contributed by atoms with van der Waals surface area (Å²) >= 11 is 0. The van der Waals surface area contributed by atoms with Crippen LogP contribution in [0, 0.1) is 0 Å². The van der Waals surface area contributed by atoms with Crippen LogP contribution in [-0.4, -0.2) is 42.2 Å². The highest BCUT2D eigenvalue weighted by atomic mass is 19.4. The minimum absolute atomic E-state index is 0.160. The quantitative estimate of drug-likeness (QED) is 0.823. The number of amides is 1. The number of carbonyl (C=O) groups is 1. The van der Waals surface area contributed by atoms with Crippen molar-refractivity contribution in [2.24, 2.45) is 0 Å². The third kappa shape index (κ3) is 3.87. The van der Waals surface area contributed by atoms with Crippen LogP contribution in [0.25, 0.3) is 0 Å². The van der Waals surface area contributed by atoms with Crippen LogP contribution >= 0.6 is 0 Å². The monoisotopic (exact) mass is 250 g/mol. The number of hydrogen-bond donors (Lipinski definition) is 1. The SMILES string of the molecule is O=C1C(NC2CC2)CCCN1CCC(F)(F)F. The van der Waals surface area contributed by atoms with E-state index in [-0.39, 0.29) is 18.5 Å². The Labute approximate surface area is 98.3 Å². The fraction of sp³-hybridized carbons (Fsp3) is 0.909. The summed E-state index contributed by atoms with van der Waals surface area (Å²) in [6.07, 6.45) is -1.41. The Morgan fingerprint density at radius 2 is 2.00 bits per heavy atom. The molecule has 0 radical (unpaired) electrons. The molecule has 1 amide bonds. The van der Waals surface area contributed by atoms with Gasteiger partial charge in [-0.05, 0) is 25.7 Å². The van der Waals surface area contributed by atoms with Gasteiger partial charge in [0.2, 0.25) is 5.91 Å². The summed E-state index contributed by atoms with van der Waals surface area (Å²) < 4.78 is 36.3. The molecule has 0 aromatic heterocycles. The first-order chi connectivity index (χ1) is 7.96. The largest absolute Gasteiger partial charge is 0.390 e. The number of hydrogen-bond acceptors (Lipinski definition) is 2. The summed E-state index contributed by atoms with van der Waals surface area (Å²) in [7, 11) is 0. The van der Waals surface area contributed by atoms with Gasteiger partial charge < -0.3 is 10.2 Å². The maximum Gasteiger partial charge on any atom is 0.390 e. The molecule has 17 heavy (non-hydrogen) atoms. The van der Waals surface area contributed by atoms with Crippen molar-refractivity contribution in [3.05, 3.63) is 0 Å². The Hall–Kier alpha value is -0.780. The molecule has 0 spiro atoms. The van der Waals surface area contributed by atoms with Gasteiger partial charge in [0, 0.05) is 19.1 Å². The molecule has 98 valence electrons. The van der Waals surface area contributed by atoms with Gasteiger partial charge in [0.25, 0.3) is 0 Å². The van der Waals surface area contributed by atoms with Crippen LogP contribution in [-0.2, 0) is 4.79 Å². The zero-order valence-corrected chi connectivity index (χ0v) is 9.59. The third-order valence-corrected chi connectivity index (χ3v) is 3.21. The van der Waals surface area contributed by atoms with E-state index in [9.17, 15) is 18.0 Å². The lowest BCUT2D eigenvalue weighted by Gasteiger charge is -2.33. The van der Waals surface area contributed by atoms with Crippen LogP contribution in [0.4, 0.5) is 13.2 Å². The van der Waals surface area contributed by atoms with E-state index in [1.807, 2.05) is 0 Å². The number of nitrogens with one attached hydrogen (secondary N) is 1. The van der Waals surface area contributed by atoms with Crippen molar-refractivity contribution < 1.29 is 18.0 Å². The normalized spacial score (nSPS) is 26.4. The molecule has 2 aliphatic rings. The topological polar surface area (TPSA) is 32.3 Å². The fourth-order valence-corrected chi connectivity index (χ4v) is 2.11. The fourth-order valence-electron chi connectivity index (χ4n) is 2.11. The van der Waals surface area contributed by atoms with Crippen molar-refractivity contribution in [3.8, 4) is 0 Å². The first-order valence-electron chi connectivity index (χ1n) is 6.07. The van der Waals surface area contributed by atoms with Gasteiger partial charge in [-0.2, -0.15) is 13.2 Å². The van der Waals surface area contributed by atoms with Crippen molar-refractivity contribution in [2.45, 2.75) is 50.4 Å². The standard InChI is InChI=1S/C11H17F3N2O/c12-11(13,14)5-7-16-6-1-2-9(10(16)17)15-8-3-4-8/h8-9,15H,1-7H2. The van der Waals surface area contributed by atoms with Gasteiger partial charge in [-0.15, -0.1) is 0 Å². The molecule has 1 N–H and O–H groups in total. The smallest absolute Gasteiger partial charge is 0.341 e. The Balaban J connectivity index is 1.82. The highest BCUT2D eigenvalue weighted by Gasteiger charge is 2.35. The average molecular weight is 250 g/mol. The molecule has 1 aliphatic carbocycles. The minimum Gasteiger partial charge on any atom is -0.341 e. The third-order valence-electron chi connectivity index (χ3n) is 3.21. The van der Waals surface area contributed by atoms with Gasteiger partial charge in [-0.1, -0.05) is 0 Å². The molecule has 1 saturated heterocycles. The summed E-state index contributed by atoms with van der Waals surface area (Å²) in [6.45, 7) is 0.253. The van der Waals surface area contributed by atoms with Crippen LogP contribution < -0.4 is 5.32 Å². The highest BCUT2D eigenvalue weighted by molar-refractivity contribution is 5.82. The second-order valence-electron chi connectivity index (χ2n) is 4.83. The maximum absolute atomic E-state index is 12.1. The Bertz CT molecular complexity index is 289. The second-order valence-corrected chi connectivity index (χ2v) is 4.83. The van der Waals surface area contributed by atoms with E-state index < -0.39 is 12.6 Å². The maximum atomic E-state index is 12.1. The van der Waals surface area contributed by atoms with Gasteiger partial charge in [0.1, 0.15) is 0 Å². The first-order valence-corrected chi connectivity index (χ1v) is 6.07. The molecular formula is C11H17F3N2O. The van der Waals surface area contributed by atoms with E-state index in [2.05, 4.69) is 5.32 Å². The Morgan fingerprint density at radius 1 is 1.29 bits per heavy atom. The molecule has 6 heteroatoms. The summed E-state index contributed by atoms with van der Waals surface area (Å²) in [5.74, 6) is -0.160. The lowest BCUT2D eigenvalue weighted by Crippen LogP contribution is -2.51. The number of likely N-dealkylation sites (tertiary alicyclic amines) is 1. The predicted molar refractivity (Wildman–Crippen MR) is 56.4 cm³/mol. The molecule has 1 unspecified atom stereocenters. The molecule has 0 aromatic rings. The lowest BCUT2D eigenvalue weighted by molar-refractivity contribution is -0.148. The summed E-state index contributed by atoms with van der Waals surface area (Å²) in [6, 6.07) is 0.149. The predicted octanol–water partition coefficient (Wildman–Crippen LogP) is 1.68. The number of carbonyl (C=O) groups excluding carboxylic acids is 1. The minimum atomic E-state index is -4.18. The molecular weight excluding hydrogens is 233 g/mol. The van der Waals surface area contributed by atoms with Gasteiger partial charge in [-0.25, -0.2) is 0 Å². The molecule has 0 aromatic carbocycles. The lowest BCUT2D eigenvalue weighted by atomic mass is 10.0. The number of nitrogens with zero attached hydrogens (tertiary/aromatic N) is 1. The summed E-state index contributed by atoms with van der Waals surface area (Å²) in [5.41, 5.74) is 0. The number of piperidine rings is 1. The van der Waals surface area contributed by atoms with Crippen LogP contribution in [0.5, 0.6) is 0 Å². The van der Waals surface area contributed by atoms with E-state index in [1.165, 1.54) is 4.90 Å². The average Bonchev–Trinajstić information content (AvgIpc) is 3.02. The molecule has 3 nitrogen and oxygen atoms in total. The van der Waals surface area contributed by atoms with Gasteiger partial charge in [0.05, 0.1) is 12.5 Å². The molecule has 2 fully saturated rings. The zero-order valence-electron chi connectivity index (χ0n) is 9.59. The molecule has 0 bridgehead atoms.